The van der Waals surface area contributed by atoms with Crippen LogP contribution in [0.2, 0.25) is 0 Å². The molecule has 96 valence electrons. The van der Waals surface area contributed by atoms with Crippen molar-refractivity contribution in [1.82, 2.24) is 0 Å². The average molecular weight is 237 g/mol. The molecule has 0 amide bonds. The summed E-state index contributed by atoms with van der Waals surface area (Å²) in [5, 5.41) is 9.44. The Bertz CT molecular complexity index is 337. The lowest BCUT2D eigenvalue weighted by Crippen LogP contribution is -2.17. The molecule has 17 heavy (non-hydrogen) atoms. The fourth-order valence-electron chi connectivity index (χ4n) is 1.89. The second-order valence-electron chi connectivity index (χ2n) is 4.76. The molecule has 1 aromatic rings. The number of hydrogen-bond donors (Lipinski definition) is 2. The first kappa shape index (κ1) is 14.0. The van der Waals surface area contributed by atoms with Crippen LogP contribution in [0.5, 0.6) is 5.75 Å². The molecule has 0 aromatic heterocycles. The van der Waals surface area contributed by atoms with Crippen LogP contribution in [-0.4, -0.2) is 23.9 Å². The van der Waals surface area contributed by atoms with Gasteiger partial charge < -0.3 is 15.6 Å². The van der Waals surface area contributed by atoms with E-state index in [1.165, 1.54) is 0 Å². The summed E-state index contributed by atoms with van der Waals surface area (Å²) in [7, 11) is 0. The summed E-state index contributed by atoms with van der Waals surface area (Å²) in [5.41, 5.74) is 6.88. The molecule has 0 saturated heterocycles. The molecular formula is C14H23NO2. The summed E-state index contributed by atoms with van der Waals surface area (Å²) < 4.78 is 5.65. The van der Waals surface area contributed by atoms with Gasteiger partial charge in [0.2, 0.25) is 0 Å². The molecule has 2 unspecified atom stereocenters. The number of rotatable bonds is 6. The van der Waals surface area contributed by atoms with Crippen LogP contribution in [0.4, 0.5) is 0 Å². The van der Waals surface area contributed by atoms with Crippen molar-refractivity contribution >= 4 is 0 Å². The number of hydrogen-bond acceptors (Lipinski definition) is 3. The van der Waals surface area contributed by atoms with Gasteiger partial charge in [0, 0.05) is 0 Å². The summed E-state index contributed by atoms with van der Waals surface area (Å²) in [6.07, 6.45) is 0.512. The van der Waals surface area contributed by atoms with Crippen LogP contribution in [0.3, 0.4) is 0 Å². The molecule has 2 atom stereocenters. The van der Waals surface area contributed by atoms with Gasteiger partial charge in [0.15, 0.2) is 0 Å². The van der Waals surface area contributed by atoms with Gasteiger partial charge in [-0.3, -0.25) is 0 Å². The molecule has 3 heteroatoms. The number of ether oxygens (including phenoxy) is 1. The predicted octanol–water partition coefficient (Wildman–Crippen LogP) is 2.29. The van der Waals surface area contributed by atoms with E-state index < -0.39 is 0 Å². The normalized spacial score (nSPS) is 14.7. The van der Waals surface area contributed by atoms with Crippen LogP contribution < -0.4 is 10.5 Å². The summed E-state index contributed by atoms with van der Waals surface area (Å²) in [4.78, 5) is 0. The zero-order chi connectivity index (χ0) is 12.8. The number of benzene rings is 1. The first-order valence-corrected chi connectivity index (χ1v) is 6.17. The van der Waals surface area contributed by atoms with Gasteiger partial charge in [-0.05, 0) is 57.4 Å². The zero-order valence-corrected chi connectivity index (χ0v) is 10.9. The average Bonchev–Trinajstić information content (AvgIpc) is 2.25. The van der Waals surface area contributed by atoms with E-state index in [4.69, 9.17) is 10.5 Å². The summed E-state index contributed by atoms with van der Waals surface area (Å²) in [5.74, 6) is 1.05. The van der Waals surface area contributed by atoms with E-state index in [0.717, 1.165) is 11.3 Å². The van der Waals surface area contributed by atoms with Gasteiger partial charge in [-0.2, -0.15) is 0 Å². The van der Waals surface area contributed by atoms with Crippen LogP contribution in [0.25, 0.3) is 0 Å². The molecule has 0 radical (unpaired) electrons. The van der Waals surface area contributed by atoms with Gasteiger partial charge in [0.1, 0.15) is 5.75 Å². The van der Waals surface area contributed by atoms with Crippen molar-refractivity contribution in [2.75, 3.05) is 6.54 Å². The Morgan fingerprint density at radius 3 is 2.53 bits per heavy atom. The maximum Gasteiger partial charge on any atom is 0.119 e. The molecule has 3 nitrogen and oxygen atoms in total. The van der Waals surface area contributed by atoms with E-state index in [2.05, 4.69) is 0 Å². The minimum atomic E-state index is -0.335. The molecule has 0 heterocycles. The Hall–Kier alpha value is -1.06. The van der Waals surface area contributed by atoms with E-state index in [-0.39, 0.29) is 18.1 Å². The van der Waals surface area contributed by atoms with E-state index in [1.807, 2.05) is 38.1 Å². The molecule has 0 bridgehead atoms. The molecule has 1 rings (SSSR count). The van der Waals surface area contributed by atoms with Gasteiger partial charge in [-0.1, -0.05) is 12.1 Å². The summed E-state index contributed by atoms with van der Waals surface area (Å²) in [6, 6.07) is 7.96. The second kappa shape index (κ2) is 6.62. The fourth-order valence-corrected chi connectivity index (χ4v) is 1.89. The maximum absolute atomic E-state index is 9.44. The Balaban J connectivity index is 2.81. The van der Waals surface area contributed by atoms with Crippen LogP contribution in [0.1, 0.15) is 38.7 Å². The second-order valence-corrected chi connectivity index (χ2v) is 4.76. The lowest BCUT2D eigenvalue weighted by molar-refractivity contribution is 0.175. The van der Waals surface area contributed by atoms with Crippen LogP contribution in [0, 0.1) is 0 Å². The topological polar surface area (TPSA) is 55.5 Å². The Morgan fingerprint density at radius 1 is 1.29 bits per heavy atom. The third-order valence-corrected chi connectivity index (χ3v) is 2.61. The maximum atomic E-state index is 9.44. The smallest absolute Gasteiger partial charge is 0.119 e. The van der Waals surface area contributed by atoms with Gasteiger partial charge in [-0.25, -0.2) is 0 Å². The number of nitrogens with two attached hydrogens (primary N) is 1. The SMILES string of the molecule is CC(O)CC(CN)c1cccc(OC(C)C)c1. The standard InChI is InChI=1S/C14H23NO2/c1-10(2)17-14-6-4-5-12(8-14)13(9-15)7-11(3)16/h4-6,8,10-11,13,16H,7,9,15H2,1-3H3. The highest BCUT2D eigenvalue weighted by Crippen LogP contribution is 2.24. The van der Waals surface area contributed by atoms with E-state index in [9.17, 15) is 5.11 Å². The third-order valence-electron chi connectivity index (χ3n) is 2.61. The van der Waals surface area contributed by atoms with Crippen molar-refractivity contribution in [1.29, 1.82) is 0 Å². The lowest BCUT2D eigenvalue weighted by atomic mass is 9.93. The highest BCUT2D eigenvalue weighted by Gasteiger charge is 2.13. The third kappa shape index (κ3) is 4.75. The molecular weight excluding hydrogens is 214 g/mol. The van der Waals surface area contributed by atoms with Gasteiger partial charge in [0.05, 0.1) is 12.2 Å². The Labute approximate surface area is 104 Å². The van der Waals surface area contributed by atoms with E-state index >= 15 is 0 Å². The first-order chi connectivity index (χ1) is 8.02. The molecule has 0 aliphatic carbocycles. The van der Waals surface area contributed by atoms with E-state index in [1.54, 1.807) is 6.92 Å². The van der Waals surface area contributed by atoms with Gasteiger partial charge in [0.25, 0.3) is 0 Å². The first-order valence-electron chi connectivity index (χ1n) is 6.17. The minimum Gasteiger partial charge on any atom is -0.491 e. The minimum absolute atomic E-state index is 0.165. The Morgan fingerprint density at radius 2 is 2.00 bits per heavy atom. The molecule has 1 aromatic carbocycles. The Kier molecular flexibility index (Phi) is 5.45. The predicted molar refractivity (Wildman–Crippen MR) is 70.3 cm³/mol. The monoisotopic (exact) mass is 237 g/mol. The molecule has 0 saturated carbocycles. The largest absolute Gasteiger partial charge is 0.491 e. The quantitative estimate of drug-likeness (QED) is 0.798. The molecule has 0 aliphatic heterocycles. The van der Waals surface area contributed by atoms with Crippen molar-refractivity contribution < 1.29 is 9.84 Å². The fraction of sp³-hybridized carbons (Fsp3) is 0.571. The molecule has 3 N–H and O–H groups in total. The van der Waals surface area contributed by atoms with Crippen molar-refractivity contribution in [2.24, 2.45) is 5.73 Å². The van der Waals surface area contributed by atoms with Crippen LogP contribution in [-0.2, 0) is 0 Å². The van der Waals surface area contributed by atoms with Crippen molar-refractivity contribution in [3.8, 4) is 5.75 Å². The molecule has 0 aliphatic rings. The molecule has 0 fully saturated rings. The lowest BCUT2D eigenvalue weighted by Gasteiger charge is -2.18. The van der Waals surface area contributed by atoms with Crippen molar-refractivity contribution in [3.05, 3.63) is 29.8 Å². The van der Waals surface area contributed by atoms with Crippen LogP contribution in [0.15, 0.2) is 24.3 Å². The highest BCUT2D eigenvalue weighted by molar-refractivity contribution is 5.31. The van der Waals surface area contributed by atoms with Crippen LogP contribution >= 0.6 is 0 Å². The van der Waals surface area contributed by atoms with Gasteiger partial charge >= 0.3 is 0 Å². The zero-order valence-electron chi connectivity index (χ0n) is 10.9. The number of aliphatic hydroxyl groups is 1. The van der Waals surface area contributed by atoms with Gasteiger partial charge in [-0.15, -0.1) is 0 Å². The van der Waals surface area contributed by atoms with E-state index in [0.29, 0.717) is 13.0 Å². The van der Waals surface area contributed by atoms with Crippen molar-refractivity contribution in [2.45, 2.75) is 45.3 Å². The summed E-state index contributed by atoms with van der Waals surface area (Å²) in [6.45, 7) is 6.33. The van der Waals surface area contributed by atoms with Crippen molar-refractivity contribution in [3.63, 3.8) is 0 Å². The number of aliphatic hydroxyl groups excluding tert-OH is 1. The molecule has 0 spiro atoms. The summed E-state index contributed by atoms with van der Waals surface area (Å²) >= 11 is 0. The highest BCUT2D eigenvalue weighted by atomic mass is 16.5.